The summed E-state index contributed by atoms with van der Waals surface area (Å²) in [6, 6.07) is 18.2. The van der Waals surface area contributed by atoms with Gasteiger partial charge < -0.3 is 15.3 Å². The minimum Gasteiger partial charge on any atom is -0.393 e. The van der Waals surface area contributed by atoms with Crippen LogP contribution >= 0.6 is 0 Å². The van der Waals surface area contributed by atoms with Crippen molar-refractivity contribution in [3.63, 3.8) is 0 Å². The summed E-state index contributed by atoms with van der Waals surface area (Å²) >= 11 is 0. The molecule has 136 valence electrons. The number of piperidine rings is 1. The van der Waals surface area contributed by atoms with Gasteiger partial charge in [0, 0.05) is 18.7 Å². The van der Waals surface area contributed by atoms with E-state index in [0.717, 1.165) is 5.56 Å². The van der Waals surface area contributed by atoms with E-state index in [4.69, 9.17) is 0 Å². The molecule has 3 rings (SSSR count). The van der Waals surface area contributed by atoms with E-state index < -0.39 is 0 Å². The Balaban J connectivity index is 1.72. The van der Waals surface area contributed by atoms with Crippen LogP contribution in [0.5, 0.6) is 0 Å². The highest BCUT2D eigenvalue weighted by molar-refractivity contribution is 5.94. The Kier molecular flexibility index (Phi) is 6.02. The molecule has 0 radical (unpaired) electrons. The molecule has 1 unspecified atom stereocenters. The third-order valence-electron chi connectivity index (χ3n) is 4.74. The van der Waals surface area contributed by atoms with Crippen LogP contribution in [0, 0.1) is 0 Å². The van der Waals surface area contributed by atoms with Crippen LogP contribution in [0.1, 0.15) is 41.2 Å². The van der Waals surface area contributed by atoms with Crippen LogP contribution in [0.2, 0.25) is 0 Å². The van der Waals surface area contributed by atoms with Crippen LogP contribution in [0.15, 0.2) is 60.7 Å². The first kappa shape index (κ1) is 18.1. The Labute approximate surface area is 153 Å². The Morgan fingerprint density at radius 1 is 1.00 bits per heavy atom. The molecule has 0 bridgehead atoms. The topological polar surface area (TPSA) is 69.6 Å². The molecule has 1 atom stereocenters. The van der Waals surface area contributed by atoms with Crippen LogP contribution in [-0.2, 0) is 4.79 Å². The van der Waals surface area contributed by atoms with Gasteiger partial charge in [0.25, 0.3) is 5.91 Å². The van der Waals surface area contributed by atoms with Crippen LogP contribution in [0.3, 0.4) is 0 Å². The molecule has 2 N–H and O–H groups in total. The van der Waals surface area contributed by atoms with Gasteiger partial charge in [0.1, 0.15) is 0 Å². The summed E-state index contributed by atoms with van der Waals surface area (Å²) in [6.07, 6.45) is 1.11. The summed E-state index contributed by atoms with van der Waals surface area (Å²) < 4.78 is 0. The number of nitrogens with one attached hydrogen (secondary N) is 1. The zero-order valence-electron chi connectivity index (χ0n) is 14.7. The molecule has 1 heterocycles. The minimum absolute atomic E-state index is 0.000820. The number of hydrogen-bond acceptors (Lipinski definition) is 3. The first-order chi connectivity index (χ1) is 12.6. The second kappa shape index (κ2) is 8.63. The first-order valence-electron chi connectivity index (χ1n) is 9.00. The fourth-order valence-corrected chi connectivity index (χ4v) is 3.19. The van der Waals surface area contributed by atoms with Crippen molar-refractivity contribution in [3.05, 3.63) is 71.8 Å². The number of aliphatic hydroxyl groups is 1. The van der Waals surface area contributed by atoms with Crippen molar-refractivity contribution < 1.29 is 14.7 Å². The quantitative estimate of drug-likeness (QED) is 0.869. The second-order valence-electron chi connectivity index (χ2n) is 6.62. The van der Waals surface area contributed by atoms with E-state index in [1.165, 1.54) is 0 Å². The molecule has 5 nitrogen and oxygen atoms in total. The number of benzene rings is 2. The molecular weight excluding hydrogens is 328 g/mol. The lowest BCUT2D eigenvalue weighted by Gasteiger charge is -2.31. The number of carbonyl (C=O) groups is 2. The molecule has 2 aromatic rings. The zero-order chi connectivity index (χ0) is 18.4. The predicted octanol–water partition coefficient (Wildman–Crippen LogP) is 2.53. The van der Waals surface area contributed by atoms with Crippen LogP contribution in [-0.4, -0.2) is 41.0 Å². The highest BCUT2D eigenvalue weighted by Gasteiger charge is 2.25. The van der Waals surface area contributed by atoms with Gasteiger partial charge in [-0.05, 0) is 30.5 Å². The van der Waals surface area contributed by atoms with E-state index in [-0.39, 0.29) is 30.4 Å². The van der Waals surface area contributed by atoms with Crippen molar-refractivity contribution >= 4 is 11.8 Å². The Morgan fingerprint density at radius 3 is 2.19 bits per heavy atom. The average molecular weight is 352 g/mol. The normalized spacial score (nSPS) is 16.1. The van der Waals surface area contributed by atoms with Gasteiger partial charge in [-0.3, -0.25) is 9.59 Å². The van der Waals surface area contributed by atoms with E-state index in [2.05, 4.69) is 5.32 Å². The largest absolute Gasteiger partial charge is 0.393 e. The van der Waals surface area contributed by atoms with Gasteiger partial charge in [-0.25, -0.2) is 0 Å². The summed E-state index contributed by atoms with van der Waals surface area (Å²) in [4.78, 5) is 27.0. The number of aliphatic hydroxyl groups excluding tert-OH is 1. The van der Waals surface area contributed by atoms with Gasteiger partial charge in [0.15, 0.2) is 0 Å². The van der Waals surface area contributed by atoms with E-state index in [9.17, 15) is 14.7 Å². The number of rotatable bonds is 5. The standard InChI is InChI=1S/C21H24N2O3/c24-18-11-13-23(14-12-18)20(25)15-19(16-7-3-1-4-8-16)22-21(26)17-9-5-2-6-10-17/h1-10,18-19,24H,11-15H2,(H,22,26). The maximum atomic E-state index is 12.7. The molecular formula is C21H24N2O3. The van der Waals surface area contributed by atoms with Gasteiger partial charge in [-0.1, -0.05) is 48.5 Å². The molecule has 0 saturated carbocycles. The van der Waals surface area contributed by atoms with E-state index in [0.29, 0.717) is 31.5 Å². The summed E-state index contributed by atoms with van der Waals surface area (Å²) in [7, 11) is 0. The third kappa shape index (κ3) is 4.70. The molecule has 1 aliphatic rings. The number of carbonyl (C=O) groups excluding carboxylic acids is 2. The fourth-order valence-electron chi connectivity index (χ4n) is 3.19. The van der Waals surface area contributed by atoms with Gasteiger partial charge in [-0.15, -0.1) is 0 Å². The Morgan fingerprint density at radius 2 is 1.58 bits per heavy atom. The van der Waals surface area contributed by atoms with Crippen molar-refractivity contribution in [2.24, 2.45) is 0 Å². The summed E-state index contributed by atoms with van der Waals surface area (Å²) in [5.74, 6) is -0.194. The van der Waals surface area contributed by atoms with E-state index >= 15 is 0 Å². The summed E-state index contributed by atoms with van der Waals surface area (Å²) in [5.41, 5.74) is 1.48. The molecule has 2 amide bonds. The molecule has 1 aliphatic heterocycles. The number of nitrogens with zero attached hydrogens (tertiary/aromatic N) is 1. The molecule has 26 heavy (non-hydrogen) atoms. The molecule has 0 aliphatic carbocycles. The van der Waals surface area contributed by atoms with Crippen molar-refractivity contribution in [2.45, 2.75) is 31.4 Å². The zero-order valence-corrected chi connectivity index (χ0v) is 14.7. The molecule has 0 spiro atoms. The van der Waals surface area contributed by atoms with Gasteiger partial charge >= 0.3 is 0 Å². The highest BCUT2D eigenvalue weighted by atomic mass is 16.3. The Hall–Kier alpha value is -2.66. The van der Waals surface area contributed by atoms with Crippen LogP contribution in [0.4, 0.5) is 0 Å². The van der Waals surface area contributed by atoms with Crippen molar-refractivity contribution in [3.8, 4) is 0 Å². The van der Waals surface area contributed by atoms with Gasteiger partial charge in [-0.2, -0.15) is 0 Å². The van der Waals surface area contributed by atoms with E-state index in [1.54, 1.807) is 17.0 Å². The minimum atomic E-state index is -0.386. The number of hydrogen-bond donors (Lipinski definition) is 2. The number of likely N-dealkylation sites (tertiary alicyclic amines) is 1. The average Bonchev–Trinajstić information content (AvgIpc) is 2.69. The molecule has 5 heteroatoms. The summed E-state index contributed by atoms with van der Waals surface area (Å²) in [6.45, 7) is 1.13. The van der Waals surface area contributed by atoms with Crippen LogP contribution in [0.25, 0.3) is 0 Å². The maximum absolute atomic E-state index is 12.7. The molecule has 2 aromatic carbocycles. The summed E-state index contributed by atoms with van der Waals surface area (Å²) in [5, 5.41) is 12.6. The van der Waals surface area contributed by atoms with Crippen molar-refractivity contribution in [2.75, 3.05) is 13.1 Å². The monoisotopic (exact) mass is 352 g/mol. The third-order valence-corrected chi connectivity index (χ3v) is 4.74. The maximum Gasteiger partial charge on any atom is 0.251 e. The van der Waals surface area contributed by atoms with Crippen molar-refractivity contribution in [1.29, 1.82) is 0 Å². The first-order valence-corrected chi connectivity index (χ1v) is 9.00. The van der Waals surface area contributed by atoms with Crippen molar-refractivity contribution in [1.82, 2.24) is 10.2 Å². The lowest BCUT2D eigenvalue weighted by atomic mass is 10.0. The van der Waals surface area contributed by atoms with Crippen LogP contribution < -0.4 is 5.32 Å². The van der Waals surface area contributed by atoms with Gasteiger partial charge in [0.2, 0.25) is 5.91 Å². The lowest BCUT2D eigenvalue weighted by Crippen LogP contribution is -2.42. The smallest absolute Gasteiger partial charge is 0.251 e. The SMILES string of the molecule is O=C(NC(CC(=O)N1CCC(O)CC1)c1ccccc1)c1ccccc1. The van der Waals surface area contributed by atoms with E-state index in [1.807, 2.05) is 48.5 Å². The second-order valence-corrected chi connectivity index (χ2v) is 6.62. The van der Waals surface area contributed by atoms with Gasteiger partial charge in [0.05, 0.1) is 18.6 Å². The number of amides is 2. The molecule has 1 saturated heterocycles. The predicted molar refractivity (Wildman–Crippen MR) is 99.5 cm³/mol. The molecule has 1 fully saturated rings. The molecule has 0 aromatic heterocycles. The Bertz CT molecular complexity index is 725. The lowest BCUT2D eigenvalue weighted by molar-refractivity contribution is -0.133. The fraction of sp³-hybridized carbons (Fsp3) is 0.333. The highest BCUT2D eigenvalue weighted by Crippen LogP contribution is 2.20.